The molecule has 1 aliphatic carbocycles. The topological polar surface area (TPSA) is 62.2 Å². The van der Waals surface area contributed by atoms with Crippen molar-refractivity contribution >= 4 is 11.7 Å². The van der Waals surface area contributed by atoms with E-state index < -0.39 is 0 Å². The number of piperidine rings is 1. The first-order valence-electron chi connectivity index (χ1n) is 9.12. The number of likely N-dealkylation sites (tertiary alicyclic amines) is 1. The molecule has 2 N–H and O–H groups in total. The summed E-state index contributed by atoms with van der Waals surface area (Å²) in [6.07, 6.45) is 6.47. The number of carbonyl (C=O) groups is 1. The number of urea groups is 1. The van der Waals surface area contributed by atoms with Gasteiger partial charge in [-0.05, 0) is 44.7 Å². The van der Waals surface area contributed by atoms with Crippen molar-refractivity contribution < 1.29 is 4.79 Å². The maximum atomic E-state index is 12.3. The van der Waals surface area contributed by atoms with Crippen molar-refractivity contribution in [3.63, 3.8) is 0 Å². The standard InChI is InChI=1S/C19H25N5O/c1-14-18(13-20-24(14)17-5-3-2-4-6-17)22-19(25)21-15-9-11-23(12-10-15)16-7-8-16/h2-6,13,15-16H,7-12H2,1H3,(H2,21,22,25). The summed E-state index contributed by atoms with van der Waals surface area (Å²) < 4.78 is 1.84. The molecule has 0 spiro atoms. The minimum Gasteiger partial charge on any atom is -0.335 e. The number of carbonyl (C=O) groups excluding carboxylic acids is 1. The Hall–Kier alpha value is -2.34. The summed E-state index contributed by atoms with van der Waals surface area (Å²) in [6, 6.07) is 10.9. The van der Waals surface area contributed by atoms with E-state index in [-0.39, 0.29) is 12.1 Å². The van der Waals surface area contributed by atoms with Gasteiger partial charge in [-0.25, -0.2) is 9.48 Å². The zero-order valence-corrected chi connectivity index (χ0v) is 14.6. The highest BCUT2D eigenvalue weighted by molar-refractivity contribution is 5.90. The van der Waals surface area contributed by atoms with E-state index in [9.17, 15) is 4.79 Å². The molecule has 2 heterocycles. The van der Waals surface area contributed by atoms with Crippen molar-refractivity contribution in [2.24, 2.45) is 0 Å². The molecule has 2 fully saturated rings. The number of nitrogens with zero attached hydrogens (tertiary/aromatic N) is 3. The van der Waals surface area contributed by atoms with E-state index in [1.165, 1.54) is 12.8 Å². The second-order valence-electron chi connectivity index (χ2n) is 7.03. The third-order valence-corrected chi connectivity index (χ3v) is 5.19. The minimum atomic E-state index is -0.138. The molecule has 2 aromatic rings. The lowest BCUT2D eigenvalue weighted by Gasteiger charge is -2.32. The predicted octanol–water partition coefficient (Wildman–Crippen LogP) is 2.93. The SMILES string of the molecule is Cc1c(NC(=O)NC2CCN(C3CC3)CC2)cnn1-c1ccccc1. The van der Waals surface area contributed by atoms with Crippen LogP contribution in [-0.2, 0) is 0 Å². The maximum absolute atomic E-state index is 12.3. The Morgan fingerprint density at radius 1 is 1.12 bits per heavy atom. The van der Waals surface area contributed by atoms with Crippen molar-refractivity contribution in [1.29, 1.82) is 0 Å². The minimum absolute atomic E-state index is 0.138. The number of para-hydroxylation sites is 1. The van der Waals surface area contributed by atoms with E-state index in [1.54, 1.807) is 6.20 Å². The van der Waals surface area contributed by atoms with Crippen LogP contribution in [0.1, 0.15) is 31.4 Å². The molecule has 132 valence electrons. The second kappa shape index (κ2) is 6.88. The van der Waals surface area contributed by atoms with Crippen LogP contribution in [0.15, 0.2) is 36.5 Å². The van der Waals surface area contributed by atoms with Crippen molar-refractivity contribution in [3.05, 3.63) is 42.2 Å². The van der Waals surface area contributed by atoms with E-state index in [0.717, 1.165) is 49.0 Å². The van der Waals surface area contributed by atoms with Crippen LogP contribution in [-0.4, -0.2) is 45.9 Å². The lowest BCUT2D eigenvalue weighted by Crippen LogP contribution is -2.46. The molecular weight excluding hydrogens is 314 g/mol. The van der Waals surface area contributed by atoms with Crippen LogP contribution < -0.4 is 10.6 Å². The summed E-state index contributed by atoms with van der Waals surface area (Å²) in [5.41, 5.74) is 2.66. The van der Waals surface area contributed by atoms with Crippen molar-refractivity contribution in [1.82, 2.24) is 20.0 Å². The Bertz CT molecular complexity index is 730. The van der Waals surface area contributed by atoms with Gasteiger partial charge in [0.1, 0.15) is 0 Å². The average Bonchev–Trinajstić information content (AvgIpc) is 3.42. The number of rotatable bonds is 4. The fourth-order valence-corrected chi connectivity index (χ4v) is 3.55. The molecule has 0 bridgehead atoms. The van der Waals surface area contributed by atoms with Crippen LogP contribution in [0, 0.1) is 6.92 Å². The first-order valence-corrected chi connectivity index (χ1v) is 9.12. The van der Waals surface area contributed by atoms with Gasteiger partial charge in [-0.3, -0.25) is 0 Å². The van der Waals surface area contributed by atoms with Crippen LogP contribution in [0.2, 0.25) is 0 Å². The Labute approximate surface area is 148 Å². The number of aromatic nitrogens is 2. The fraction of sp³-hybridized carbons (Fsp3) is 0.474. The smallest absolute Gasteiger partial charge is 0.319 e. The van der Waals surface area contributed by atoms with E-state index in [1.807, 2.05) is 41.9 Å². The summed E-state index contributed by atoms with van der Waals surface area (Å²) >= 11 is 0. The van der Waals surface area contributed by atoms with Gasteiger partial charge in [0.15, 0.2) is 0 Å². The molecule has 6 nitrogen and oxygen atoms in total. The second-order valence-corrected chi connectivity index (χ2v) is 7.03. The molecule has 0 unspecified atom stereocenters. The lowest BCUT2D eigenvalue weighted by molar-refractivity contribution is 0.189. The van der Waals surface area contributed by atoms with Gasteiger partial charge in [0.2, 0.25) is 0 Å². The van der Waals surface area contributed by atoms with Crippen LogP contribution in [0.3, 0.4) is 0 Å². The zero-order valence-electron chi connectivity index (χ0n) is 14.6. The molecule has 6 heteroatoms. The van der Waals surface area contributed by atoms with Crippen molar-refractivity contribution in [2.45, 2.75) is 44.7 Å². The van der Waals surface area contributed by atoms with Crippen LogP contribution in [0.5, 0.6) is 0 Å². The number of nitrogens with one attached hydrogen (secondary N) is 2. The summed E-state index contributed by atoms with van der Waals surface area (Å²) in [5, 5.41) is 10.4. The van der Waals surface area contributed by atoms with E-state index >= 15 is 0 Å². The number of hydrogen-bond donors (Lipinski definition) is 2. The molecule has 1 saturated heterocycles. The Balaban J connectivity index is 1.33. The highest BCUT2D eigenvalue weighted by Gasteiger charge is 2.32. The normalized spacial score (nSPS) is 18.9. The van der Waals surface area contributed by atoms with Gasteiger partial charge in [0, 0.05) is 25.2 Å². The van der Waals surface area contributed by atoms with Crippen molar-refractivity contribution in [2.75, 3.05) is 18.4 Å². The van der Waals surface area contributed by atoms with Gasteiger partial charge in [-0.1, -0.05) is 18.2 Å². The van der Waals surface area contributed by atoms with Crippen LogP contribution in [0.4, 0.5) is 10.5 Å². The zero-order chi connectivity index (χ0) is 17.2. The molecule has 4 rings (SSSR count). The quantitative estimate of drug-likeness (QED) is 0.900. The molecule has 1 aliphatic heterocycles. The third kappa shape index (κ3) is 3.69. The number of hydrogen-bond acceptors (Lipinski definition) is 3. The van der Waals surface area contributed by atoms with Gasteiger partial charge < -0.3 is 15.5 Å². The van der Waals surface area contributed by atoms with Gasteiger partial charge in [0.25, 0.3) is 0 Å². The van der Waals surface area contributed by atoms with Crippen LogP contribution >= 0.6 is 0 Å². The first-order chi connectivity index (χ1) is 12.2. The molecule has 0 atom stereocenters. The highest BCUT2D eigenvalue weighted by atomic mass is 16.2. The Morgan fingerprint density at radius 3 is 2.52 bits per heavy atom. The first kappa shape index (κ1) is 16.1. The van der Waals surface area contributed by atoms with E-state index in [4.69, 9.17) is 0 Å². The molecule has 25 heavy (non-hydrogen) atoms. The summed E-state index contributed by atoms with van der Waals surface area (Å²) in [6.45, 7) is 4.16. The summed E-state index contributed by atoms with van der Waals surface area (Å²) in [5.74, 6) is 0. The van der Waals surface area contributed by atoms with Gasteiger partial charge in [-0.15, -0.1) is 0 Å². The van der Waals surface area contributed by atoms with Gasteiger partial charge in [-0.2, -0.15) is 5.10 Å². The number of anilines is 1. The average molecular weight is 339 g/mol. The molecule has 2 amide bonds. The van der Waals surface area contributed by atoms with Gasteiger partial charge >= 0.3 is 6.03 Å². The van der Waals surface area contributed by atoms with Crippen LogP contribution in [0.25, 0.3) is 5.69 Å². The molecule has 1 aromatic heterocycles. The van der Waals surface area contributed by atoms with Crippen molar-refractivity contribution in [3.8, 4) is 5.69 Å². The molecule has 0 radical (unpaired) electrons. The maximum Gasteiger partial charge on any atom is 0.319 e. The summed E-state index contributed by atoms with van der Waals surface area (Å²) in [7, 11) is 0. The molecule has 2 aliphatic rings. The Morgan fingerprint density at radius 2 is 1.84 bits per heavy atom. The predicted molar refractivity (Wildman–Crippen MR) is 98.1 cm³/mol. The molecule has 1 aromatic carbocycles. The Kier molecular flexibility index (Phi) is 4.44. The van der Waals surface area contributed by atoms with E-state index in [0.29, 0.717) is 0 Å². The highest BCUT2D eigenvalue weighted by Crippen LogP contribution is 2.29. The molecular formula is C19H25N5O. The third-order valence-electron chi connectivity index (χ3n) is 5.19. The number of amides is 2. The largest absolute Gasteiger partial charge is 0.335 e. The lowest BCUT2D eigenvalue weighted by atomic mass is 10.1. The van der Waals surface area contributed by atoms with Gasteiger partial charge in [0.05, 0.1) is 23.3 Å². The molecule has 1 saturated carbocycles. The summed E-state index contributed by atoms with van der Waals surface area (Å²) in [4.78, 5) is 14.9. The fourth-order valence-electron chi connectivity index (χ4n) is 3.55. The monoisotopic (exact) mass is 339 g/mol. The van der Waals surface area contributed by atoms with E-state index in [2.05, 4.69) is 20.6 Å². The number of benzene rings is 1.